The predicted octanol–water partition coefficient (Wildman–Crippen LogP) is 18.9. The topological polar surface area (TPSA) is 108 Å². The van der Waals surface area contributed by atoms with Gasteiger partial charge in [0.1, 0.15) is 19.8 Å². The minimum absolute atomic E-state index is 0.0239. The quantitative estimate of drug-likeness (QED) is 0.0211. The number of phosphoric acid groups is 1. The van der Waals surface area contributed by atoms with Gasteiger partial charge in [0.2, 0.25) is 0 Å². The number of carbonyl (C=O) groups is 2. The summed E-state index contributed by atoms with van der Waals surface area (Å²) in [5.41, 5.74) is 0. The maximum Gasteiger partial charge on any atom is 0.472 e. The van der Waals surface area contributed by atoms with Crippen LogP contribution in [0.4, 0.5) is 0 Å². The minimum atomic E-state index is -4.39. The summed E-state index contributed by atoms with van der Waals surface area (Å²) >= 11 is 0. The molecule has 10 heteroatoms. The van der Waals surface area contributed by atoms with Crippen molar-refractivity contribution in [3.63, 3.8) is 0 Å². The largest absolute Gasteiger partial charge is 0.472 e. The molecule has 0 aromatic heterocycles. The van der Waals surface area contributed by atoms with Gasteiger partial charge in [-0.2, -0.15) is 0 Å². The van der Waals surface area contributed by atoms with Gasteiger partial charge in [-0.05, 0) is 109 Å². The van der Waals surface area contributed by atoms with Gasteiger partial charge in [-0.15, -0.1) is 0 Å². The average Bonchev–Trinajstić information content (AvgIpc) is 3.38. The molecule has 432 valence electrons. The van der Waals surface area contributed by atoms with E-state index in [9.17, 15) is 19.0 Å². The molecule has 0 bridgehead atoms. The van der Waals surface area contributed by atoms with Gasteiger partial charge in [-0.1, -0.05) is 231 Å². The van der Waals surface area contributed by atoms with Crippen LogP contribution in [0, 0.1) is 0 Å². The number of esters is 2. The van der Waals surface area contributed by atoms with Crippen molar-refractivity contribution in [1.29, 1.82) is 0 Å². The zero-order chi connectivity index (χ0) is 55.6. The van der Waals surface area contributed by atoms with Gasteiger partial charge in [0.05, 0.1) is 27.7 Å². The van der Waals surface area contributed by atoms with Crippen LogP contribution >= 0.6 is 7.82 Å². The van der Waals surface area contributed by atoms with E-state index in [1.165, 1.54) is 51.4 Å². The van der Waals surface area contributed by atoms with Crippen molar-refractivity contribution in [2.24, 2.45) is 0 Å². The second-order valence-corrected chi connectivity index (χ2v) is 22.1. The first-order chi connectivity index (χ1) is 37.0. The molecule has 0 aliphatic carbocycles. The van der Waals surface area contributed by atoms with Crippen LogP contribution in [-0.4, -0.2) is 74.9 Å². The number of rotatable bonds is 53. The maximum atomic E-state index is 12.8. The second-order valence-electron chi connectivity index (χ2n) is 20.6. The third kappa shape index (κ3) is 59.4. The number of likely N-dealkylation sites (N-methyl/N-ethyl adjacent to an activating group) is 1. The Hall–Kier alpha value is -3.85. The van der Waals surface area contributed by atoms with E-state index in [0.29, 0.717) is 17.4 Å². The Morgan fingerprint density at radius 3 is 1.13 bits per heavy atom. The van der Waals surface area contributed by atoms with E-state index in [0.717, 1.165) is 135 Å². The van der Waals surface area contributed by atoms with E-state index in [2.05, 4.69) is 148 Å². The molecule has 0 rings (SSSR count). The molecule has 2 unspecified atom stereocenters. The van der Waals surface area contributed by atoms with Crippen molar-refractivity contribution >= 4 is 19.8 Å². The van der Waals surface area contributed by atoms with E-state index in [4.69, 9.17) is 18.5 Å². The summed E-state index contributed by atoms with van der Waals surface area (Å²) in [6.07, 6.45) is 81.1. The van der Waals surface area contributed by atoms with E-state index < -0.39 is 26.5 Å². The summed E-state index contributed by atoms with van der Waals surface area (Å²) in [7, 11) is 1.45. The lowest BCUT2D eigenvalue weighted by molar-refractivity contribution is -0.870. The van der Waals surface area contributed by atoms with Gasteiger partial charge < -0.3 is 18.9 Å². The smallest absolute Gasteiger partial charge is 0.462 e. The Bertz CT molecular complexity index is 1740. The number of hydrogen-bond donors (Lipinski definition) is 1. The van der Waals surface area contributed by atoms with E-state index in [-0.39, 0.29) is 32.0 Å². The highest BCUT2D eigenvalue weighted by molar-refractivity contribution is 7.47. The van der Waals surface area contributed by atoms with Crippen LogP contribution < -0.4 is 0 Å². The lowest BCUT2D eigenvalue weighted by Crippen LogP contribution is -2.37. The summed E-state index contributed by atoms with van der Waals surface area (Å²) in [6.45, 7) is 4.24. The molecule has 0 aromatic carbocycles. The van der Waals surface area contributed by atoms with Crippen molar-refractivity contribution in [3.05, 3.63) is 134 Å². The molecule has 0 saturated carbocycles. The van der Waals surface area contributed by atoms with Gasteiger partial charge in [0.15, 0.2) is 6.10 Å². The molecule has 0 spiro atoms. The number of phosphoric ester groups is 1. The van der Waals surface area contributed by atoms with Crippen LogP contribution in [-0.2, 0) is 32.7 Å². The molecule has 0 aromatic rings. The predicted molar refractivity (Wildman–Crippen MR) is 325 cm³/mol. The third-order valence-electron chi connectivity index (χ3n) is 12.2. The van der Waals surface area contributed by atoms with Gasteiger partial charge in [0.25, 0.3) is 0 Å². The molecule has 2 atom stereocenters. The van der Waals surface area contributed by atoms with Gasteiger partial charge in [0, 0.05) is 12.8 Å². The zero-order valence-corrected chi connectivity index (χ0v) is 49.8. The van der Waals surface area contributed by atoms with Crippen molar-refractivity contribution in [1.82, 2.24) is 0 Å². The molecular weight excluding hydrogens is 966 g/mol. The number of ether oxygens (including phenoxy) is 2. The van der Waals surface area contributed by atoms with Crippen LogP contribution in [0.1, 0.15) is 219 Å². The number of carbonyl (C=O) groups excluding carboxylic acids is 2. The second kappa shape index (κ2) is 55.9. The van der Waals surface area contributed by atoms with Crippen LogP contribution in [0.3, 0.4) is 0 Å². The van der Waals surface area contributed by atoms with Crippen molar-refractivity contribution in [2.75, 3.05) is 47.5 Å². The maximum absolute atomic E-state index is 12.8. The summed E-state index contributed by atoms with van der Waals surface area (Å²) < 4.78 is 34.4. The van der Waals surface area contributed by atoms with Crippen LogP contribution in [0.25, 0.3) is 0 Å². The lowest BCUT2D eigenvalue weighted by atomic mass is 10.0. The third-order valence-corrected chi connectivity index (χ3v) is 13.1. The van der Waals surface area contributed by atoms with Crippen LogP contribution in [0.15, 0.2) is 134 Å². The normalized spacial score (nSPS) is 14.2. The summed E-state index contributed by atoms with van der Waals surface area (Å²) in [5.74, 6) is -0.822. The highest BCUT2D eigenvalue weighted by Crippen LogP contribution is 2.43. The monoisotopic (exact) mass is 1080 g/mol. The first-order valence-corrected chi connectivity index (χ1v) is 31.4. The summed E-state index contributed by atoms with van der Waals surface area (Å²) in [4.78, 5) is 35.5. The highest BCUT2D eigenvalue weighted by atomic mass is 31.2. The molecule has 0 amide bonds. The van der Waals surface area contributed by atoms with E-state index in [1.807, 2.05) is 21.1 Å². The lowest BCUT2D eigenvalue weighted by Gasteiger charge is -2.24. The Morgan fingerprint density at radius 1 is 0.421 bits per heavy atom. The van der Waals surface area contributed by atoms with Gasteiger partial charge >= 0.3 is 19.8 Å². The van der Waals surface area contributed by atoms with Crippen LogP contribution in [0.5, 0.6) is 0 Å². The summed E-state index contributed by atoms with van der Waals surface area (Å²) in [6, 6.07) is 0. The Kier molecular flexibility index (Phi) is 53.1. The van der Waals surface area contributed by atoms with E-state index in [1.54, 1.807) is 0 Å². The highest BCUT2D eigenvalue weighted by Gasteiger charge is 2.27. The number of unbranched alkanes of at least 4 members (excludes halogenated alkanes) is 17. The molecule has 1 N–H and O–H groups in total. The summed E-state index contributed by atoms with van der Waals surface area (Å²) in [5, 5.41) is 0. The molecule has 0 heterocycles. The van der Waals surface area contributed by atoms with Crippen molar-refractivity contribution in [3.8, 4) is 0 Å². The Morgan fingerprint density at radius 2 is 0.750 bits per heavy atom. The number of hydrogen-bond acceptors (Lipinski definition) is 7. The number of quaternary nitrogens is 1. The molecule has 0 radical (unpaired) electrons. The molecular formula is C66H111NO8P+. The zero-order valence-electron chi connectivity index (χ0n) is 48.9. The van der Waals surface area contributed by atoms with Gasteiger partial charge in [-0.3, -0.25) is 18.6 Å². The molecule has 0 fully saturated rings. The fourth-order valence-corrected chi connectivity index (χ4v) is 8.29. The standard InChI is InChI=1S/C66H110NO8P/c1-6-8-10-12-14-16-18-19-20-21-22-23-24-25-26-27-28-29-30-31-32-33-34-35-36-37-38-39-40-41-42-43-44-45-46-47-49-51-53-55-57-59-66(69)75-64(63-74-76(70,71)73-61-60-67(3,4)5)62-72-65(68)58-56-54-52-50-48-17-15-13-11-9-7-2/h8,10,13-16,19-20,22-23,25-26,28-29,31-32,34-35,37-38,40-41,64H,6-7,9,11-12,17-18,21,24,27,30,33,36,39,42-63H2,1-5H3/p+1/b10-8-,15-13-,16-14-,20-19-,23-22-,26-25-,29-28-,32-31-,35-34-,38-37-,41-40-. The van der Waals surface area contributed by atoms with Crippen molar-refractivity contribution < 1.29 is 42.1 Å². The SMILES string of the molecule is CC/C=C\C/C=C\C/C=C\C/C=C\C/C=C\C/C=C\C/C=C\C/C=C\C/C=C\C/C=C\CCCCCCCCCCCCC(=O)OC(COC(=O)CCCCCCC/C=C\CCCC)COP(=O)(O)OCC[N+](C)(C)C. The van der Waals surface area contributed by atoms with Crippen LogP contribution in [0.2, 0.25) is 0 Å². The fourth-order valence-electron chi connectivity index (χ4n) is 7.55. The first kappa shape index (κ1) is 72.2. The van der Waals surface area contributed by atoms with E-state index >= 15 is 0 Å². The number of allylic oxidation sites excluding steroid dienone is 22. The molecule has 76 heavy (non-hydrogen) atoms. The molecule has 0 aliphatic rings. The number of nitrogens with zero attached hydrogens (tertiary/aromatic N) is 1. The van der Waals surface area contributed by atoms with Crippen molar-refractivity contribution in [2.45, 2.75) is 225 Å². The average molecular weight is 1080 g/mol. The minimum Gasteiger partial charge on any atom is -0.462 e. The molecule has 9 nitrogen and oxygen atoms in total. The van der Waals surface area contributed by atoms with Gasteiger partial charge in [-0.25, -0.2) is 4.57 Å². The fraction of sp³-hybridized carbons (Fsp3) is 0.636. The molecule has 0 saturated heterocycles. The Labute approximate surface area is 466 Å². The Balaban J connectivity index is 4.05. The first-order valence-electron chi connectivity index (χ1n) is 29.9. The molecule has 0 aliphatic heterocycles.